The van der Waals surface area contributed by atoms with Gasteiger partial charge in [-0.05, 0) is 61.1 Å². The zero-order valence-corrected chi connectivity index (χ0v) is 15.7. The Morgan fingerprint density at radius 1 is 1.12 bits per heavy atom. The van der Waals surface area contributed by atoms with Crippen molar-refractivity contribution in [2.24, 2.45) is 15.9 Å². The number of nitrogens with zero attached hydrogens (tertiary/aromatic N) is 3. The Hall–Kier alpha value is -1.72. The highest BCUT2D eigenvalue weighted by atomic mass is 32.2. The van der Waals surface area contributed by atoms with Crippen molar-refractivity contribution in [1.82, 2.24) is 4.90 Å². The van der Waals surface area contributed by atoms with Gasteiger partial charge >= 0.3 is 0 Å². The Morgan fingerprint density at radius 3 is 2.88 bits per heavy atom. The van der Waals surface area contributed by atoms with E-state index in [-0.39, 0.29) is 11.8 Å². The zero-order chi connectivity index (χ0) is 17.5. The van der Waals surface area contributed by atoms with Crippen LogP contribution in [0.5, 0.6) is 0 Å². The monoisotopic (exact) mass is 365 g/mol. The average Bonchev–Trinajstić information content (AvgIpc) is 3.32. The lowest BCUT2D eigenvalue weighted by atomic mass is 9.98. The summed E-state index contributed by atoms with van der Waals surface area (Å²) in [5, 5.41) is 0.989. The van der Waals surface area contributed by atoms with Crippen LogP contribution in [0.4, 0.5) is 0 Å². The third kappa shape index (κ3) is 2.97. The minimum atomic E-state index is -0.139. The summed E-state index contributed by atoms with van der Waals surface area (Å²) in [5.74, 6) is 0.595. The predicted octanol–water partition coefficient (Wildman–Crippen LogP) is 3.83. The second kappa shape index (κ2) is 6.78. The van der Waals surface area contributed by atoms with Gasteiger partial charge in [0.05, 0.1) is 11.6 Å². The van der Waals surface area contributed by atoms with Crippen LogP contribution < -0.4 is 0 Å². The van der Waals surface area contributed by atoms with Gasteiger partial charge in [-0.3, -0.25) is 9.69 Å². The summed E-state index contributed by atoms with van der Waals surface area (Å²) in [6.07, 6.45) is 6.83. The van der Waals surface area contributed by atoms with E-state index in [9.17, 15) is 4.79 Å². The second-order valence-corrected chi connectivity index (χ2v) is 8.72. The van der Waals surface area contributed by atoms with Crippen LogP contribution in [0.2, 0.25) is 0 Å². The zero-order valence-electron chi connectivity index (χ0n) is 14.9. The molecule has 0 aromatic heterocycles. The highest BCUT2D eigenvalue weighted by Gasteiger charge is 2.41. The molecule has 1 aromatic rings. The molecule has 5 heteroatoms. The van der Waals surface area contributed by atoms with Gasteiger partial charge in [0.1, 0.15) is 11.8 Å². The summed E-state index contributed by atoms with van der Waals surface area (Å²) in [7, 11) is 0. The van der Waals surface area contributed by atoms with Gasteiger partial charge < -0.3 is 0 Å². The van der Waals surface area contributed by atoms with Crippen LogP contribution in [0.25, 0.3) is 0 Å². The van der Waals surface area contributed by atoms with E-state index >= 15 is 0 Å². The first-order chi connectivity index (χ1) is 12.8. The fourth-order valence-corrected chi connectivity index (χ4v) is 6.02. The number of aliphatic imine (C=N–C) groups is 2. The number of likely N-dealkylation sites (tertiary alicyclic amines) is 1. The van der Waals surface area contributed by atoms with Crippen LogP contribution in [0.15, 0.2) is 50.8 Å². The number of hydrogen-bond acceptors (Lipinski definition) is 4. The highest BCUT2D eigenvalue weighted by Crippen LogP contribution is 2.48. The molecule has 1 aromatic carbocycles. The first-order valence-electron chi connectivity index (χ1n) is 9.65. The second-order valence-electron chi connectivity index (χ2n) is 7.61. The largest absolute Gasteiger partial charge is 0.293 e. The smallest absolute Gasteiger partial charge is 0.261 e. The number of allylic oxidation sites excluding steroid dienone is 1. The van der Waals surface area contributed by atoms with Crippen LogP contribution >= 0.6 is 11.8 Å². The van der Waals surface area contributed by atoms with E-state index in [1.54, 1.807) is 11.8 Å². The number of benzene rings is 1. The van der Waals surface area contributed by atoms with Gasteiger partial charge in [-0.25, -0.2) is 4.99 Å². The average molecular weight is 366 g/mol. The minimum absolute atomic E-state index is 0.0169. The number of fused-ring (bicyclic) bond motifs is 2. The van der Waals surface area contributed by atoms with Gasteiger partial charge in [0.2, 0.25) is 0 Å². The standard InChI is InChI=1S/C21H23N3OS/c25-20-19-16-9-4-10-17(16)26-21(19)23-18(22-20)13-24-11-5-8-15(24)12-14-6-2-1-3-7-14/h1-3,6-7,15,19H,4-5,8-13H2. The van der Waals surface area contributed by atoms with E-state index < -0.39 is 0 Å². The molecule has 0 saturated carbocycles. The van der Waals surface area contributed by atoms with E-state index in [0.29, 0.717) is 12.6 Å². The summed E-state index contributed by atoms with van der Waals surface area (Å²) in [6.45, 7) is 1.77. The molecule has 0 radical (unpaired) electrons. The van der Waals surface area contributed by atoms with E-state index in [1.165, 1.54) is 35.3 Å². The third-order valence-corrected chi connectivity index (χ3v) is 7.16. The Morgan fingerprint density at radius 2 is 2.00 bits per heavy atom. The fourth-order valence-electron chi connectivity index (χ4n) is 4.65. The molecule has 1 saturated heterocycles. The molecule has 1 fully saturated rings. The van der Waals surface area contributed by atoms with Crippen LogP contribution in [-0.4, -0.2) is 40.8 Å². The highest BCUT2D eigenvalue weighted by molar-refractivity contribution is 8.17. The first-order valence-corrected chi connectivity index (χ1v) is 10.5. The van der Waals surface area contributed by atoms with Gasteiger partial charge in [0, 0.05) is 6.04 Å². The molecule has 4 nitrogen and oxygen atoms in total. The van der Waals surface area contributed by atoms with Crippen LogP contribution in [0.3, 0.4) is 0 Å². The van der Waals surface area contributed by atoms with Crippen molar-refractivity contribution in [3.8, 4) is 0 Å². The van der Waals surface area contributed by atoms with E-state index in [2.05, 4.69) is 40.2 Å². The van der Waals surface area contributed by atoms with Crippen molar-refractivity contribution in [1.29, 1.82) is 0 Å². The molecule has 1 amide bonds. The van der Waals surface area contributed by atoms with Crippen molar-refractivity contribution in [3.63, 3.8) is 0 Å². The molecule has 0 N–H and O–H groups in total. The van der Waals surface area contributed by atoms with Crippen LogP contribution in [0, 0.1) is 5.92 Å². The lowest BCUT2D eigenvalue weighted by Crippen LogP contribution is -2.37. The molecule has 26 heavy (non-hydrogen) atoms. The van der Waals surface area contributed by atoms with Gasteiger partial charge in [-0.1, -0.05) is 42.1 Å². The Labute approximate surface area is 158 Å². The summed E-state index contributed by atoms with van der Waals surface area (Å²) < 4.78 is 0. The number of carbonyl (C=O) groups excluding carboxylic acids is 1. The van der Waals surface area contributed by atoms with E-state index in [0.717, 1.165) is 36.7 Å². The molecule has 0 spiro atoms. The molecule has 3 aliphatic heterocycles. The van der Waals surface area contributed by atoms with E-state index in [4.69, 9.17) is 4.99 Å². The normalized spacial score (nSPS) is 28.2. The predicted molar refractivity (Wildman–Crippen MR) is 107 cm³/mol. The van der Waals surface area contributed by atoms with Crippen molar-refractivity contribution >= 4 is 28.5 Å². The summed E-state index contributed by atoms with van der Waals surface area (Å²) in [5.41, 5.74) is 2.69. The number of rotatable bonds is 4. The number of amidine groups is 1. The van der Waals surface area contributed by atoms with Gasteiger partial charge in [0.25, 0.3) is 5.91 Å². The van der Waals surface area contributed by atoms with Crippen molar-refractivity contribution in [2.75, 3.05) is 13.1 Å². The molecule has 134 valence electrons. The molecule has 1 aliphatic carbocycles. The Kier molecular flexibility index (Phi) is 4.29. The Bertz CT molecular complexity index is 827. The van der Waals surface area contributed by atoms with Crippen molar-refractivity contribution < 1.29 is 4.79 Å². The molecular formula is C21H23N3OS. The molecule has 3 heterocycles. The first kappa shape index (κ1) is 16.5. The number of thioether (sulfide) groups is 1. The van der Waals surface area contributed by atoms with Crippen LogP contribution in [0.1, 0.15) is 37.7 Å². The maximum Gasteiger partial charge on any atom is 0.261 e. The molecular weight excluding hydrogens is 342 g/mol. The van der Waals surface area contributed by atoms with Crippen molar-refractivity contribution in [2.45, 2.75) is 44.6 Å². The summed E-state index contributed by atoms with van der Waals surface area (Å²) in [4.78, 5) is 25.7. The molecule has 5 rings (SSSR count). The maximum absolute atomic E-state index is 12.6. The topological polar surface area (TPSA) is 45.0 Å². The Balaban J connectivity index is 1.29. The lowest BCUT2D eigenvalue weighted by molar-refractivity contribution is -0.118. The summed E-state index contributed by atoms with van der Waals surface area (Å²) in [6, 6.07) is 11.2. The number of hydrogen-bond donors (Lipinski definition) is 0. The van der Waals surface area contributed by atoms with Crippen LogP contribution in [-0.2, 0) is 11.2 Å². The SMILES string of the molecule is O=C1N=C(CN2CCCC2Cc2ccccc2)N=C2SC3=C(CCC3)C12. The van der Waals surface area contributed by atoms with E-state index in [1.807, 2.05) is 0 Å². The third-order valence-electron chi connectivity index (χ3n) is 5.91. The number of carbonyl (C=O) groups is 1. The van der Waals surface area contributed by atoms with Gasteiger partial charge in [0.15, 0.2) is 0 Å². The van der Waals surface area contributed by atoms with Crippen molar-refractivity contribution in [3.05, 3.63) is 46.4 Å². The molecule has 2 atom stereocenters. The van der Waals surface area contributed by atoms with Gasteiger partial charge in [-0.2, -0.15) is 4.99 Å². The van der Waals surface area contributed by atoms with Gasteiger partial charge in [-0.15, -0.1) is 0 Å². The fraction of sp³-hybridized carbons (Fsp3) is 0.476. The summed E-state index contributed by atoms with van der Waals surface area (Å²) >= 11 is 1.74. The minimum Gasteiger partial charge on any atom is -0.293 e. The lowest BCUT2D eigenvalue weighted by Gasteiger charge is -2.25. The molecule has 0 bridgehead atoms. The quantitative estimate of drug-likeness (QED) is 0.814. The number of amides is 1. The molecule has 4 aliphatic rings. The maximum atomic E-state index is 12.6. The molecule has 2 unspecified atom stereocenters.